The monoisotopic (exact) mass is 381 g/mol. The SMILES string of the molecule is CCOCCOCCN(CCC[Si](OCC)(OCC)OCC)C(=O)O. The lowest BCUT2D eigenvalue weighted by Gasteiger charge is -2.29. The fourth-order valence-electron chi connectivity index (χ4n) is 2.33. The van der Waals surface area contributed by atoms with Gasteiger partial charge in [-0.15, -0.1) is 0 Å². The van der Waals surface area contributed by atoms with Gasteiger partial charge in [0.2, 0.25) is 0 Å². The second-order valence-electron chi connectivity index (χ2n) is 5.16. The predicted octanol–water partition coefficient (Wildman–Crippen LogP) is 2.46. The topological polar surface area (TPSA) is 86.7 Å². The van der Waals surface area contributed by atoms with Crippen molar-refractivity contribution in [1.29, 1.82) is 0 Å². The van der Waals surface area contributed by atoms with Crippen molar-refractivity contribution in [2.75, 3.05) is 59.3 Å². The molecule has 0 aromatic rings. The van der Waals surface area contributed by atoms with E-state index in [1.807, 2.05) is 27.7 Å². The number of rotatable bonds is 17. The minimum Gasteiger partial charge on any atom is -0.465 e. The Bertz CT molecular complexity index is 317. The van der Waals surface area contributed by atoms with E-state index in [1.54, 1.807) is 0 Å². The van der Waals surface area contributed by atoms with Crippen LogP contribution in [0.25, 0.3) is 0 Å². The summed E-state index contributed by atoms with van der Waals surface area (Å²) < 4.78 is 27.9. The molecule has 8 nitrogen and oxygen atoms in total. The molecule has 0 radical (unpaired) electrons. The van der Waals surface area contributed by atoms with Gasteiger partial charge in [0.1, 0.15) is 0 Å². The third kappa shape index (κ3) is 11.5. The molecule has 25 heavy (non-hydrogen) atoms. The van der Waals surface area contributed by atoms with Crippen LogP contribution in [-0.2, 0) is 22.8 Å². The summed E-state index contributed by atoms with van der Waals surface area (Å²) in [6.07, 6.45) is -0.331. The second kappa shape index (κ2) is 15.5. The molecule has 0 aromatic heterocycles. The summed E-state index contributed by atoms with van der Waals surface area (Å²) in [4.78, 5) is 12.7. The zero-order valence-corrected chi connectivity index (χ0v) is 17.1. The summed E-state index contributed by atoms with van der Waals surface area (Å²) >= 11 is 0. The largest absolute Gasteiger partial charge is 0.500 e. The molecule has 150 valence electrons. The van der Waals surface area contributed by atoms with Gasteiger partial charge in [0.15, 0.2) is 0 Å². The van der Waals surface area contributed by atoms with E-state index in [0.717, 1.165) is 0 Å². The van der Waals surface area contributed by atoms with Gasteiger partial charge in [0, 0.05) is 45.6 Å². The molecular formula is C16H35NO7Si. The Labute approximate surface area is 152 Å². The number of hydrogen-bond donors (Lipinski definition) is 1. The van der Waals surface area contributed by atoms with Crippen LogP contribution in [0.15, 0.2) is 0 Å². The molecule has 0 unspecified atom stereocenters. The molecule has 0 aliphatic rings. The minimum atomic E-state index is -2.72. The summed E-state index contributed by atoms with van der Waals surface area (Å²) in [5.74, 6) is 0. The maximum absolute atomic E-state index is 11.4. The van der Waals surface area contributed by atoms with Crippen molar-refractivity contribution < 1.29 is 32.7 Å². The van der Waals surface area contributed by atoms with Crippen molar-refractivity contribution >= 4 is 14.9 Å². The van der Waals surface area contributed by atoms with Gasteiger partial charge in [-0.1, -0.05) is 0 Å². The molecule has 0 aromatic carbocycles. The number of nitrogens with zero attached hydrogens (tertiary/aromatic N) is 1. The number of hydrogen-bond acceptors (Lipinski definition) is 6. The highest BCUT2D eigenvalue weighted by Crippen LogP contribution is 2.18. The van der Waals surface area contributed by atoms with Crippen LogP contribution in [0, 0.1) is 0 Å². The maximum Gasteiger partial charge on any atom is 0.500 e. The summed E-state index contributed by atoms with van der Waals surface area (Å²) in [5, 5.41) is 9.32. The van der Waals surface area contributed by atoms with Crippen LogP contribution < -0.4 is 0 Å². The van der Waals surface area contributed by atoms with Crippen LogP contribution >= 0.6 is 0 Å². The normalized spacial score (nSPS) is 11.7. The number of amides is 1. The molecule has 0 saturated heterocycles. The molecule has 1 amide bonds. The summed E-state index contributed by atoms with van der Waals surface area (Å²) in [6.45, 7) is 11.9. The van der Waals surface area contributed by atoms with Crippen molar-refractivity contribution in [3.05, 3.63) is 0 Å². The lowest BCUT2D eigenvalue weighted by atomic mass is 10.4. The van der Waals surface area contributed by atoms with Gasteiger partial charge in [0.05, 0.1) is 19.8 Å². The average Bonchev–Trinajstić information content (AvgIpc) is 2.57. The van der Waals surface area contributed by atoms with Crippen LogP contribution in [-0.4, -0.2) is 84.2 Å². The Hall–Kier alpha value is -0.713. The highest BCUT2D eigenvalue weighted by molar-refractivity contribution is 6.60. The molecule has 1 N–H and O–H groups in total. The van der Waals surface area contributed by atoms with Crippen molar-refractivity contribution in [2.45, 2.75) is 40.2 Å². The Kier molecular flexibility index (Phi) is 15.1. The summed E-state index contributed by atoms with van der Waals surface area (Å²) in [6, 6.07) is 0.595. The van der Waals surface area contributed by atoms with Gasteiger partial charge in [-0.3, -0.25) is 0 Å². The van der Waals surface area contributed by atoms with Gasteiger partial charge in [-0.25, -0.2) is 4.79 Å². The van der Waals surface area contributed by atoms with E-state index in [4.69, 9.17) is 22.8 Å². The minimum absolute atomic E-state index is 0.327. The Morgan fingerprint density at radius 3 is 1.88 bits per heavy atom. The van der Waals surface area contributed by atoms with Crippen molar-refractivity contribution in [3.63, 3.8) is 0 Å². The molecule has 0 rings (SSSR count). The fourth-order valence-corrected chi connectivity index (χ4v) is 4.92. The average molecular weight is 382 g/mol. The van der Waals surface area contributed by atoms with Gasteiger partial charge >= 0.3 is 14.9 Å². The molecule has 0 aliphatic carbocycles. The maximum atomic E-state index is 11.4. The van der Waals surface area contributed by atoms with Gasteiger partial charge in [0.25, 0.3) is 0 Å². The predicted molar refractivity (Wildman–Crippen MR) is 97.0 cm³/mol. The van der Waals surface area contributed by atoms with E-state index in [1.165, 1.54) is 4.90 Å². The van der Waals surface area contributed by atoms with Crippen molar-refractivity contribution in [3.8, 4) is 0 Å². The quantitative estimate of drug-likeness (QED) is 0.306. The Morgan fingerprint density at radius 2 is 1.40 bits per heavy atom. The summed E-state index contributed by atoms with van der Waals surface area (Å²) in [5.41, 5.74) is 0. The Balaban J connectivity index is 4.31. The molecular weight excluding hydrogens is 346 g/mol. The van der Waals surface area contributed by atoms with Crippen LogP contribution in [0.2, 0.25) is 6.04 Å². The molecule has 0 saturated carbocycles. The van der Waals surface area contributed by atoms with E-state index in [0.29, 0.717) is 71.8 Å². The van der Waals surface area contributed by atoms with Crippen LogP contribution in [0.4, 0.5) is 4.79 Å². The Morgan fingerprint density at radius 1 is 0.840 bits per heavy atom. The van der Waals surface area contributed by atoms with Crippen LogP contribution in [0.5, 0.6) is 0 Å². The number of ether oxygens (including phenoxy) is 2. The van der Waals surface area contributed by atoms with Gasteiger partial charge in [-0.05, 0) is 34.1 Å². The highest BCUT2D eigenvalue weighted by Gasteiger charge is 2.39. The molecule has 0 bridgehead atoms. The molecule has 0 aliphatic heterocycles. The first-order valence-corrected chi connectivity index (χ1v) is 11.0. The van der Waals surface area contributed by atoms with Crippen molar-refractivity contribution in [2.24, 2.45) is 0 Å². The standard InChI is InChI=1S/C16H35NO7Si/c1-5-20-13-14-21-12-11-17(16(18)19)10-9-15-25(22-6-2,23-7-3)24-8-4/h5-15H2,1-4H3,(H,18,19). The van der Waals surface area contributed by atoms with E-state index in [-0.39, 0.29) is 0 Å². The third-order valence-corrected chi connectivity index (χ3v) is 6.51. The molecule has 0 heterocycles. The van der Waals surface area contributed by atoms with Crippen LogP contribution in [0.3, 0.4) is 0 Å². The van der Waals surface area contributed by atoms with Crippen LogP contribution in [0.1, 0.15) is 34.1 Å². The molecule has 0 atom stereocenters. The lowest BCUT2D eigenvalue weighted by molar-refractivity contribution is 0.0422. The first-order valence-electron chi connectivity index (χ1n) is 9.10. The molecule has 0 spiro atoms. The van der Waals surface area contributed by atoms with E-state index in [2.05, 4.69) is 0 Å². The third-order valence-electron chi connectivity index (χ3n) is 3.36. The summed E-state index contributed by atoms with van der Waals surface area (Å²) in [7, 11) is -2.72. The zero-order chi connectivity index (χ0) is 19.0. The lowest BCUT2D eigenvalue weighted by Crippen LogP contribution is -2.46. The zero-order valence-electron chi connectivity index (χ0n) is 16.1. The smallest absolute Gasteiger partial charge is 0.465 e. The van der Waals surface area contributed by atoms with E-state index in [9.17, 15) is 9.90 Å². The van der Waals surface area contributed by atoms with E-state index >= 15 is 0 Å². The number of carbonyl (C=O) groups is 1. The number of carboxylic acid groups (broad SMARTS) is 1. The first kappa shape index (κ1) is 24.3. The first-order chi connectivity index (χ1) is 12.0. The highest BCUT2D eigenvalue weighted by atomic mass is 28.4. The molecule has 0 fully saturated rings. The van der Waals surface area contributed by atoms with Gasteiger partial charge < -0.3 is 32.8 Å². The van der Waals surface area contributed by atoms with Crippen molar-refractivity contribution in [1.82, 2.24) is 4.90 Å². The van der Waals surface area contributed by atoms with Gasteiger partial charge in [-0.2, -0.15) is 0 Å². The second-order valence-corrected chi connectivity index (χ2v) is 7.90. The van der Waals surface area contributed by atoms with E-state index < -0.39 is 14.9 Å². The molecule has 9 heteroatoms. The fraction of sp³-hybridized carbons (Fsp3) is 0.938.